The van der Waals surface area contributed by atoms with E-state index in [4.69, 9.17) is 23.2 Å². The van der Waals surface area contributed by atoms with Crippen molar-refractivity contribution in [3.05, 3.63) is 134 Å². The average molecular weight is 688 g/mol. The molecule has 1 aromatic heterocycles. The molecular formula is C35H28Cl2N4O3S2. The zero-order chi connectivity index (χ0) is 32.6. The van der Waals surface area contributed by atoms with Gasteiger partial charge in [-0.15, -0.1) is 23.1 Å². The second-order valence-electron chi connectivity index (χ2n) is 10.1. The molecule has 0 atom stereocenters. The third-order valence-corrected chi connectivity index (χ3v) is 9.39. The summed E-state index contributed by atoms with van der Waals surface area (Å²) in [5, 5.41) is 9.51. The second kappa shape index (κ2) is 15.2. The van der Waals surface area contributed by atoms with E-state index < -0.39 is 11.8 Å². The van der Waals surface area contributed by atoms with Gasteiger partial charge in [0.2, 0.25) is 5.91 Å². The van der Waals surface area contributed by atoms with Gasteiger partial charge in [-0.1, -0.05) is 83.4 Å². The number of thioether (sulfide) groups is 1. The fourth-order valence-corrected chi connectivity index (χ4v) is 6.21. The lowest BCUT2D eigenvalue weighted by Crippen LogP contribution is -2.30. The fourth-order valence-electron chi connectivity index (χ4n) is 4.30. The average Bonchev–Trinajstić information content (AvgIpc) is 3.42. The summed E-state index contributed by atoms with van der Waals surface area (Å²) in [4.78, 5) is 45.4. The number of rotatable bonds is 10. The van der Waals surface area contributed by atoms with Crippen LogP contribution in [-0.2, 0) is 9.59 Å². The molecule has 0 spiro atoms. The van der Waals surface area contributed by atoms with Crippen LogP contribution in [0, 0.1) is 13.8 Å². The van der Waals surface area contributed by atoms with E-state index in [1.807, 2.05) is 38.1 Å². The number of nitrogens with one attached hydrogen (secondary N) is 3. The van der Waals surface area contributed by atoms with Crippen LogP contribution in [0.25, 0.3) is 17.3 Å². The van der Waals surface area contributed by atoms with Gasteiger partial charge in [0.25, 0.3) is 11.8 Å². The predicted molar refractivity (Wildman–Crippen MR) is 190 cm³/mol. The molecule has 3 amide bonds. The van der Waals surface area contributed by atoms with Crippen molar-refractivity contribution in [2.75, 3.05) is 16.4 Å². The Morgan fingerprint density at radius 2 is 1.57 bits per heavy atom. The van der Waals surface area contributed by atoms with E-state index in [1.165, 1.54) is 34.7 Å². The zero-order valence-corrected chi connectivity index (χ0v) is 27.9. The minimum absolute atomic E-state index is 0.0175. The summed E-state index contributed by atoms with van der Waals surface area (Å²) < 4.78 is 0. The number of hydrogen-bond acceptors (Lipinski definition) is 6. The number of aromatic nitrogens is 1. The molecule has 0 aliphatic heterocycles. The van der Waals surface area contributed by atoms with Gasteiger partial charge >= 0.3 is 0 Å². The molecule has 4 aromatic carbocycles. The highest BCUT2D eigenvalue weighted by Gasteiger charge is 2.17. The molecule has 0 unspecified atom stereocenters. The molecule has 0 radical (unpaired) electrons. The number of halogens is 2. The Hall–Kier alpha value is -4.41. The molecule has 1 heterocycles. The second-order valence-corrected chi connectivity index (χ2v) is 13.2. The van der Waals surface area contributed by atoms with Gasteiger partial charge in [-0.2, -0.15) is 0 Å². The van der Waals surface area contributed by atoms with Gasteiger partial charge in [0.1, 0.15) is 5.70 Å². The minimum Gasteiger partial charge on any atom is -0.321 e. The summed E-state index contributed by atoms with van der Waals surface area (Å²) in [6.45, 7) is 4.02. The Balaban J connectivity index is 1.21. The molecule has 7 nitrogen and oxygen atoms in total. The largest absolute Gasteiger partial charge is 0.321 e. The topological polar surface area (TPSA) is 100 Å². The van der Waals surface area contributed by atoms with Gasteiger partial charge in [-0.3, -0.25) is 14.4 Å². The zero-order valence-electron chi connectivity index (χ0n) is 24.8. The van der Waals surface area contributed by atoms with E-state index in [1.54, 1.807) is 72.8 Å². The van der Waals surface area contributed by atoms with Crippen molar-refractivity contribution in [1.29, 1.82) is 0 Å². The Morgan fingerprint density at radius 3 is 2.28 bits per heavy atom. The first-order valence-electron chi connectivity index (χ1n) is 14.1. The minimum atomic E-state index is -0.552. The van der Waals surface area contributed by atoms with Gasteiger partial charge < -0.3 is 16.0 Å². The highest BCUT2D eigenvalue weighted by Crippen LogP contribution is 2.31. The van der Waals surface area contributed by atoms with Crippen molar-refractivity contribution >= 4 is 80.9 Å². The number of nitrogens with zero attached hydrogens (tertiary/aromatic N) is 1. The molecule has 0 fully saturated rings. The molecule has 232 valence electrons. The number of carbonyl (C=O) groups is 3. The van der Waals surface area contributed by atoms with Crippen molar-refractivity contribution in [2.45, 2.75) is 18.7 Å². The molecule has 0 aliphatic rings. The number of thiazole rings is 1. The SMILES string of the molecule is Cc1ccc(-c2nc(NC(=O)CSc3ccc(NC(=O)/C(=C/c4cccc(Cl)c4Cl)NC(=O)c4ccccc4)cc3)sc2C)cc1. The molecule has 5 aromatic rings. The van der Waals surface area contributed by atoms with Gasteiger partial charge in [0, 0.05) is 26.6 Å². The standard InChI is InChI=1S/C35H28Cl2N4O3S2/c1-21-11-13-23(14-12-21)32-22(2)46-35(41-32)40-30(42)20-45-27-17-15-26(16-18-27)38-34(44)29(19-25-9-6-10-28(36)31(25)37)39-33(43)24-7-4-3-5-8-24/h3-19H,20H2,1-2H3,(H,38,44)(H,39,43)(H,40,41,42)/b29-19-. The van der Waals surface area contributed by atoms with Crippen LogP contribution in [0.1, 0.15) is 26.4 Å². The first-order valence-corrected chi connectivity index (χ1v) is 16.6. The van der Waals surface area contributed by atoms with Crippen LogP contribution < -0.4 is 16.0 Å². The molecule has 46 heavy (non-hydrogen) atoms. The van der Waals surface area contributed by atoms with E-state index in [9.17, 15) is 14.4 Å². The van der Waals surface area contributed by atoms with Crippen LogP contribution in [0.3, 0.4) is 0 Å². The Labute approximate surface area is 285 Å². The molecule has 3 N–H and O–H groups in total. The summed E-state index contributed by atoms with van der Waals surface area (Å²) in [6, 6.07) is 28.8. The molecule has 0 saturated carbocycles. The van der Waals surface area contributed by atoms with Crippen LogP contribution in [-0.4, -0.2) is 28.5 Å². The fraction of sp³-hybridized carbons (Fsp3) is 0.0857. The van der Waals surface area contributed by atoms with Crippen molar-refractivity contribution in [1.82, 2.24) is 10.3 Å². The normalized spacial score (nSPS) is 11.2. The van der Waals surface area contributed by atoms with Gasteiger partial charge in [-0.25, -0.2) is 4.98 Å². The summed E-state index contributed by atoms with van der Waals surface area (Å²) in [6.07, 6.45) is 1.47. The first kappa shape index (κ1) is 33.0. The highest BCUT2D eigenvalue weighted by atomic mass is 35.5. The van der Waals surface area contributed by atoms with Crippen molar-refractivity contribution < 1.29 is 14.4 Å². The van der Waals surface area contributed by atoms with E-state index >= 15 is 0 Å². The van der Waals surface area contributed by atoms with E-state index in [-0.39, 0.29) is 22.4 Å². The summed E-state index contributed by atoms with van der Waals surface area (Å²) in [5.41, 5.74) is 4.38. The van der Waals surface area contributed by atoms with E-state index in [0.29, 0.717) is 27.0 Å². The summed E-state index contributed by atoms with van der Waals surface area (Å²) >= 11 is 15.3. The van der Waals surface area contributed by atoms with Gasteiger partial charge in [0.15, 0.2) is 5.13 Å². The quantitative estimate of drug-likeness (QED) is 0.101. The molecule has 5 rings (SSSR count). The van der Waals surface area contributed by atoms with Crippen LogP contribution in [0.2, 0.25) is 10.0 Å². The first-order chi connectivity index (χ1) is 22.2. The highest BCUT2D eigenvalue weighted by molar-refractivity contribution is 8.00. The van der Waals surface area contributed by atoms with Gasteiger partial charge in [-0.05, 0) is 68.0 Å². The molecule has 11 heteroatoms. The monoisotopic (exact) mass is 686 g/mol. The third kappa shape index (κ3) is 8.64. The van der Waals surface area contributed by atoms with Crippen LogP contribution in [0.4, 0.5) is 10.8 Å². The molecule has 0 bridgehead atoms. The van der Waals surface area contributed by atoms with Crippen LogP contribution in [0.5, 0.6) is 0 Å². The number of aryl methyl sites for hydroxylation is 2. The summed E-state index contributed by atoms with van der Waals surface area (Å²) in [7, 11) is 0. The van der Waals surface area contributed by atoms with Crippen molar-refractivity contribution in [2.24, 2.45) is 0 Å². The summed E-state index contributed by atoms with van der Waals surface area (Å²) in [5.74, 6) is -0.994. The number of anilines is 2. The maximum atomic E-state index is 13.4. The lowest BCUT2D eigenvalue weighted by Gasteiger charge is -2.12. The van der Waals surface area contributed by atoms with Crippen molar-refractivity contribution in [3.63, 3.8) is 0 Å². The Kier molecular flexibility index (Phi) is 10.9. The number of amides is 3. The Bertz CT molecular complexity index is 1910. The third-order valence-electron chi connectivity index (χ3n) is 6.66. The lowest BCUT2D eigenvalue weighted by molar-refractivity contribution is -0.114. The smallest absolute Gasteiger partial charge is 0.272 e. The maximum Gasteiger partial charge on any atom is 0.272 e. The number of hydrogen-bond donors (Lipinski definition) is 3. The van der Waals surface area contributed by atoms with Gasteiger partial charge in [0.05, 0.1) is 21.5 Å². The van der Waals surface area contributed by atoms with Crippen LogP contribution >= 0.6 is 46.3 Å². The van der Waals surface area contributed by atoms with Crippen molar-refractivity contribution in [3.8, 4) is 11.3 Å². The maximum absolute atomic E-state index is 13.4. The Morgan fingerprint density at radius 1 is 0.848 bits per heavy atom. The predicted octanol–water partition coefficient (Wildman–Crippen LogP) is 8.87. The number of carbonyl (C=O) groups excluding carboxylic acids is 3. The lowest BCUT2D eigenvalue weighted by atomic mass is 10.1. The number of benzene rings is 4. The van der Waals surface area contributed by atoms with E-state index in [0.717, 1.165) is 21.0 Å². The molecule has 0 saturated heterocycles. The molecular weight excluding hydrogens is 659 g/mol. The van der Waals surface area contributed by atoms with E-state index in [2.05, 4.69) is 20.9 Å². The van der Waals surface area contributed by atoms with Crippen LogP contribution in [0.15, 0.2) is 108 Å². The molecule has 0 aliphatic carbocycles.